The van der Waals surface area contributed by atoms with Gasteiger partial charge >= 0.3 is 0 Å². The summed E-state index contributed by atoms with van der Waals surface area (Å²) in [7, 11) is 0. The van der Waals surface area contributed by atoms with Gasteiger partial charge in [0.15, 0.2) is 0 Å². The zero-order valence-corrected chi connectivity index (χ0v) is 28.8. The smallest absolute Gasteiger partial charge is 0.211 e. The van der Waals surface area contributed by atoms with Crippen LogP contribution in [0.15, 0.2) is 4.99 Å². The molecule has 2 nitrogen and oxygen atoms in total. The summed E-state index contributed by atoms with van der Waals surface area (Å²) in [6.07, 6.45) is 43.6. The fraction of sp³-hybridized carbons (Fsp3) is 0.971. The van der Waals surface area contributed by atoms with Gasteiger partial charge in [0.2, 0.25) is 12.8 Å². The lowest BCUT2D eigenvalue weighted by molar-refractivity contribution is 0.513. The average Bonchev–Trinajstić information content (AvgIpc) is 2.90. The van der Waals surface area contributed by atoms with Crippen LogP contribution in [0.3, 0.4) is 0 Å². The van der Waals surface area contributed by atoms with Crippen molar-refractivity contribution >= 4 is 34.9 Å². The molecule has 0 aromatic heterocycles. The molecule has 0 radical (unpaired) electrons. The second-order valence-electron chi connectivity index (χ2n) is 12.4. The molecule has 0 saturated carbocycles. The molecule has 39 heavy (non-hydrogen) atoms. The van der Waals surface area contributed by atoms with Crippen LogP contribution >= 0.6 is 22.2 Å². The van der Waals surface area contributed by atoms with Crippen LogP contribution in [0.5, 0.6) is 0 Å². The van der Waals surface area contributed by atoms with Gasteiger partial charge in [0.1, 0.15) is 0 Å². The molecule has 0 heterocycles. The zero-order valence-electron chi connectivity index (χ0n) is 26.2. The summed E-state index contributed by atoms with van der Waals surface area (Å²) in [5.74, 6) is 0. The first-order chi connectivity index (χ1) is 19.1. The predicted molar refractivity (Wildman–Crippen MR) is 180 cm³/mol. The van der Waals surface area contributed by atoms with Crippen LogP contribution in [0, 0.1) is 0 Å². The molecule has 5 heteroatoms. The minimum atomic E-state index is -1.84. The molecule has 232 valence electrons. The van der Waals surface area contributed by atoms with Gasteiger partial charge in [-0.1, -0.05) is 186 Å². The molecular weight excluding hydrogens is 537 g/mol. The maximum atomic E-state index is 9.99. The summed E-state index contributed by atoms with van der Waals surface area (Å²) in [4.78, 5) is 13.6. The highest BCUT2D eigenvalue weighted by Crippen LogP contribution is 2.23. The molecule has 0 amide bonds. The van der Waals surface area contributed by atoms with Crippen molar-refractivity contribution < 1.29 is 4.79 Å². The van der Waals surface area contributed by atoms with E-state index in [0.717, 1.165) is 12.5 Å². The van der Waals surface area contributed by atoms with Crippen LogP contribution in [0.1, 0.15) is 193 Å². The first-order valence-electron chi connectivity index (χ1n) is 17.5. The predicted octanol–water partition coefficient (Wildman–Crippen LogP) is 13.6. The highest BCUT2D eigenvalue weighted by molar-refractivity contribution is 7.44. The van der Waals surface area contributed by atoms with Crippen molar-refractivity contribution in [1.82, 2.24) is 0 Å². The van der Waals surface area contributed by atoms with Crippen molar-refractivity contribution in [2.45, 2.75) is 205 Å². The maximum Gasteiger partial charge on any atom is 0.248 e. The third kappa shape index (κ3) is 38.2. The second-order valence-corrected chi connectivity index (χ2v) is 20.6. The van der Waals surface area contributed by atoms with Gasteiger partial charge in [0.05, 0.1) is 6.54 Å². The van der Waals surface area contributed by atoms with Crippen LogP contribution in [-0.4, -0.2) is 19.3 Å². The Morgan fingerprint density at radius 1 is 0.410 bits per heavy atom. The normalized spacial score (nSPS) is 11.7. The first kappa shape index (κ1) is 39.2. The zero-order chi connectivity index (χ0) is 28.5. The average molecular weight is 605 g/mol. The SMILES string of the molecule is C[Si](Cl)(Cl)CCCCCCCCCCCCCCCCCCCCCCCCCCCCCCCCN=C=O. The van der Waals surface area contributed by atoms with Crippen LogP contribution in [0.4, 0.5) is 0 Å². The monoisotopic (exact) mass is 603 g/mol. The highest BCUT2D eigenvalue weighted by Gasteiger charge is 2.19. The summed E-state index contributed by atoms with van der Waals surface area (Å²) < 4.78 is 0. The molecule has 0 unspecified atom stereocenters. The third-order valence-electron chi connectivity index (χ3n) is 8.20. The number of carbonyl (C=O) groups excluding carboxylic acids is 1. The van der Waals surface area contributed by atoms with Crippen molar-refractivity contribution in [3.63, 3.8) is 0 Å². The molecule has 0 aliphatic rings. The van der Waals surface area contributed by atoms with E-state index < -0.39 is 6.69 Å². The Bertz CT molecular complexity index is 520. The molecule has 0 saturated heterocycles. The largest absolute Gasteiger partial charge is 0.248 e. The standard InChI is InChI=1S/C34H67Cl2NOSi/c1-39(35,36)33-31-29-27-25-23-21-19-17-15-13-11-9-7-5-3-2-4-6-8-10-12-14-16-18-20-22-24-26-28-30-32-37-34-38/h2-33H2,1H3. The summed E-state index contributed by atoms with van der Waals surface area (Å²) in [6, 6.07) is 1.06. The number of unbranched alkanes of at least 4 members (excludes halogenated alkanes) is 29. The Balaban J connectivity index is 3.05. The lowest BCUT2D eigenvalue weighted by Gasteiger charge is -2.09. The fourth-order valence-corrected chi connectivity index (χ4v) is 7.29. The summed E-state index contributed by atoms with van der Waals surface area (Å²) >= 11 is 12.3. The molecule has 0 fully saturated rings. The molecule has 0 aliphatic carbocycles. The van der Waals surface area contributed by atoms with E-state index in [1.807, 2.05) is 6.55 Å². The Kier molecular flexibility index (Phi) is 32.8. The van der Waals surface area contributed by atoms with Crippen molar-refractivity contribution in [3.05, 3.63) is 0 Å². The van der Waals surface area contributed by atoms with E-state index in [1.54, 1.807) is 6.08 Å². The maximum absolute atomic E-state index is 9.99. The minimum Gasteiger partial charge on any atom is -0.211 e. The van der Waals surface area contributed by atoms with Crippen LogP contribution in [0.2, 0.25) is 12.6 Å². The Labute approximate surface area is 255 Å². The number of hydrogen-bond acceptors (Lipinski definition) is 2. The molecule has 0 rings (SSSR count). The lowest BCUT2D eigenvalue weighted by atomic mass is 10.0. The molecule has 0 N–H and O–H groups in total. The van der Waals surface area contributed by atoms with E-state index >= 15 is 0 Å². The van der Waals surface area contributed by atoms with Gasteiger partial charge in [-0.3, -0.25) is 0 Å². The van der Waals surface area contributed by atoms with Gasteiger partial charge in [-0.15, -0.1) is 22.2 Å². The first-order valence-corrected chi connectivity index (χ1v) is 22.2. The van der Waals surface area contributed by atoms with E-state index in [2.05, 4.69) is 4.99 Å². The van der Waals surface area contributed by atoms with Crippen molar-refractivity contribution in [1.29, 1.82) is 0 Å². The van der Waals surface area contributed by atoms with E-state index in [1.165, 1.54) is 186 Å². The summed E-state index contributed by atoms with van der Waals surface area (Å²) in [6.45, 7) is 0.857. The molecule has 0 aliphatic heterocycles. The van der Waals surface area contributed by atoms with Gasteiger partial charge in [-0.05, 0) is 19.0 Å². The molecule has 0 spiro atoms. The Hall–Kier alpha value is 0.177. The van der Waals surface area contributed by atoms with E-state index in [0.29, 0.717) is 6.54 Å². The number of isocyanates is 1. The van der Waals surface area contributed by atoms with Gasteiger partial charge < -0.3 is 0 Å². The van der Waals surface area contributed by atoms with E-state index in [9.17, 15) is 4.79 Å². The molecular formula is C34H67Cl2NOSi. The number of aliphatic imine (C=N–C) groups is 1. The molecule has 0 aromatic carbocycles. The molecule has 0 aromatic rings. The highest BCUT2D eigenvalue weighted by atomic mass is 35.7. The lowest BCUT2D eigenvalue weighted by Crippen LogP contribution is -2.11. The number of rotatable bonds is 33. The van der Waals surface area contributed by atoms with Crippen LogP contribution < -0.4 is 0 Å². The van der Waals surface area contributed by atoms with Gasteiger partial charge in [-0.25, -0.2) is 9.79 Å². The molecule has 0 atom stereocenters. The van der Waals surface area contributed by atoms with Gasteiger partial charge in [0, 0.05) is 0 Å². The minimum absolute atomic E-state index is 0.666. The topological polar surface area (TPSA) is 29.4 Å². The van der Waals surface area contributed by atoms with Gasteiger partial charge in [0.25, 0.3) is 0 Å². The second kappa shape index (κ2) is 32.7. The summed E-state index contributed by atoms with van der Waals surface area (Å²) in [5, 5.41) is 0. The number of nitrogens with zero attached hydrogens (tertiary/aromatic N) is 1. The van der Waals surface area contributed by atoms with Crippen molar-refractivity contribution in [3.8, 4) is 0 Å². The molecule has 0 bridgehead atoms. The fourth-order valence-electron chi connectivity index (χ4n) is 5.62. The summed E-state index contributed by atoms with van der Waals surface area (Å²) in [5.41, 5.74) is 0. The van der Waals surface area contributed by atoms with Gasteiger partial charge in [-0.2, -0.15) is 0 Å². The number of halogens is 2. The van der Waals surface area contributed by atoms with Crippen molar-refractivity contribution in [2.24, 2.45) is 4.99 Å². The Morgan fingerprint density at radius 3 is 0.821 bits per heavy atom. The van der Waals surface area contributed by atoms with Crippen LogP contribution in [0.25, 0.3) is 0 Å². The Morgan fingerprint density at radius 2 is 0.615 bits per heavy atom. The van der Waals surface area contributed by atoms with E-state index in [4.69, 9.17) is 22.2 Å². The van der Waals surface area contributed by atoms with E-state index in [-0.39, 0.29) is 0 Å². The third-order valence-corrected chi connectivity index (χ3v) is 10.6. The van der Waals surface area contributed by atoms with Crippen molar-refractivity contribution in [2.75, 3.05) is 6.54 Å². The van der Waals surface area contributed by atoms with Crippen LogP contribution in [-0.2, 0) is 4.79 Å². The number of hydrogen-bond donors (Lipinski definition) is 0. The quantitative estimate of drug-likeness (QED) is 0.0241.